The van der Waals surface area contributed by atoms with Crippen LogP contribution in [-0.2, 0) is 4.74 Å². The average Bonchev–Trinajstić information content (AvgIpc) is 3.19. The highest BCUT2D eigenvalue weighted by Crippen LogP contribution is 2.13. The smallest absolute Gasteiger partial charge is 0.258 e. The van der Waals surface area contributed by atoms with Crippen LogP contribution in [-0.4, -0.2) is 55.5 Å². The fourth-order valence-electron chi connectivity index (χ4n) is 2.11. The summed E-state index contributed by atoms with van der Waals surface area (Å²) < 4.78 is 7.08. The second-order valence-corrected chi connectivity index (χ2v) is 4.67. The summed E-state index contributed by atoms with van der Waals surface area (Å²) in [4.78, 5) is 16.9. The molecule has 2 aromatic rings. The number of hydrogen-bond donors (Lipinski definition) is 2. The molecular weight excluding hydrogens is 272 g/mol. The van der Waals surface area contributed by atoms with Crippen molar-refractivity contribution in [3.63, 3.8) is 0 Å². The Morgan fingerprint density at radius 1 is 1.29 bits per heavy atom. The maximum absolute atomic E-state index is 5.58. The van der Waals surface area contributed by atoms with Crippen molar-refractivity contribution in [1.29, 1.82) is 0 Å². The third-order valence-corrected chi connectivity index (χ3v) is 3.09. The fourth-order valence-corrected chi connectivity index (χ4v) is 2.11. The summed E-state index contributed by atoms with van der Waals surface area (Å²) in [6.45, 7) is 4.23. The van der Waals surface area contributed by atoms with Gasteiger partial charge in [-0.05, 0) is 19.8 Å². The minimum Gasteiger partial charge on any atom is -0.376 e. The highest BCUT2D eigenvalue weighted by Gasteiger charge is 2.16. The zero-order chi connectivity index (χ0) is 14.5. The highest BCUT2D eigenvalue weighted by atomic mass is 16.5. The molecule has 0 aliphatic carbocycles. The van der Waals surface area contributed by atoms with Gasteiger partial charge in [-0.2, -0.15) is 24.7 Å². The van der Waals surface area contributed by atoms with Gasteiger partial charge in [-0.15, -0.1) is 0 Å². The van der Waals surface area contributed by atoms with Gasteiger partial charge in [-0.25, -0.2) is 4.98 Å². The lowest BCUT2D eigenvalue weighted by atomic mass is 10.2. The number of hydrogen-bond acceptors (Lipinski definition) is 8. The molecule has 1 saturated heterocycles. The molecule has 0 amide bonds. The van der Waals surface area contributed by atoms with Crippen molar-refractivity contribution in [1.82, 2.24) is 29.7 Å². The van der Waals surface area contributed by atoms with Crippen LogP contribution in [0.15, 0.2) is 12.7 Å². The molecule has 0 bridgehead atoms. The van der Waals surface area contributed by atoms with E-state index in [0.717, 1.165) is 26.0 Å². The van der Waals surface area contributed by atoms with Gasteiger partial charge in [0.15, 0.2) is 0 Å². The summed E-state index contributed by atoms with van der Waals surface area (Å²) in [5.41, 5.74) is 0. The minimum atomic E-state index is 0.221. The predicted octanol–water partition coefficient (Wildman–Crippen LogP) is 0.475. The molecule has 1 unspecified atom stereocenters. The number of ether oxygens (including phenoxy) is 1. The van der Waals surface area contributed by atoms with Crippen LogP contribution in [0.25, 0.3) is 5.95 Å². The molecule has 112 valence electrons. The predicted molar refractivity (Wildman–Crippen MR) is 76.4 cm³/mol. The standard InChI is InChI=1S/C12H18N8O/c1-2-14-10-17-11(15-6-9-4-3-5-21-9)19-12(18-10)20-8-13-7-16-20/h7-9H,2-6H2,1H3,(H2,14,15,17,18,19). The van der Waals surface area contributed by atoms with Crippen molar-refractivity contribution in [3.05, 3.63) is 12.7 Å². The molecule has 1 aliphatic heterocycles. The molecule has 1 aliphatic rings. The highest BCUT2D eigenvalue weighted by molar-refractivity contribution is 5.37. The summed E-state index contributed by atoms with van der Waals surface area (Å²) in [6.07, 6.45) is 5.38. The molecule has 0 radical (unpaired) electrons. The van der Waals surface area contributed by atoms with Gasteiger partial charge in [-0.1, -0.05) is 0 Å². The number of nitrogens with zero attached hydrogens (tertiary/aromatic N) is 6. The molecule has 21 heavy (non-hydrogen) atoms. The molecule has 1 atom stereocenters. The molecule has 2 aromatic heterocycles. The number of aromatic nitrogens is 6. The first-order valence-electron chi connectivity index (χ1n) is 7.05. The van der Waals surface area contributed by atoms with Crippen molar-refractivity contribution in [2.75, 3.05) is 30.3 Å². The van der Waals surface area contributed by atoms with Crippen molar-refractivity contribution in [2.24, 2.45) is 0 Å². The Morgan fingerprint density at radius 2 is 2.14 bits per heavy atom. The van der Waals surface area contributed by atoms with E-state index in [1.54, 1.807) is 6.33 Å². The Hall–Kier alpha value is -2.29. The largest absolute Gasteiger partial charge is 0.376 e. The van der Waals surface area contributed by atoms with Gasteiger partial charge in [0.05, 0.1) is 6.10 Å². The fraction of sp³-hybridized carbons (Fsp3) is 0.583. The third kappa shape index (κ3) is 3.43. The quantitative estimate of drug-likeness (QED) is 0.791. The second-order valence-electron chi connectivity index (χ2n) is 4.67. The average molecular weight is 290 g/mol. The maximum Gasteiger partial charge on any atom is 0.258 e. The first-order chi connectivity index (χ1) is 10.3. The number of nitrogens with one attached hydrogen (secondary N) is 2. The van der Waals surface area contributed by atoms with Gasteiger partial charge < -0.3 is 15.4 Å². The molecule has 2 N–H and O–H groups in total. The Balaban J connectivity index is 1.77. The number of anilines is 2. The lowest BCUT2D eigenvalue weighted by Crippen LogP contribution is -2.21. The van der Waals surface area contributed by atoms with E-state index in [1.807, 2.05) is 6.92 Å². The molecule has 0 saturated carbocycles. The Labute approximate surface area is 122 Å². The topological polar surface area (TPSA) is 103 Å². The van der Waals surface area contributed by atoms with Crippen molar-refractivity contribution >= 4 is 11.9 Å². The van der Waals surface area contributed by atoms with Crippen molar-refractivity contribution < 1.29 is 4.74 Å². The molecule has 0 aromatic carbocycles. The molecule has 1 fully saturated rings. The first kappa shape index (κ1) is 13.7. The van der Waals surface area contributed by atoms with Crippen LogP contribution in [0.1, 0.15) is 19.8 Å². The monoisotopic (exact) mass is 290 g/mol. The Bertz CT molecular complexity index is 567. The van der Waals surface area contributed by atoms with E-state index in [1.165, 1.54) is 11.0 Å². The van der Waals surface area contributed by atoms with E-state index in [4.69, 9.17) is 4.74 Å². The Morgan fingerprint density at radius 3 is 2.81 bits per heavy atom. The lowest BCUT2D eigenvalue weighted by molar-refractivity contribution is 0.120. The maximum atomic E-state index is 5.58. The number of rotatable bonds is 6. The second kappa shape index (κ2) is 6.44. The summed E-state index contributed by atoms with van der Waals surface area (Å²) in [7, 11) is 0. The van der Waals surface area contributed by atoms with Gasteiger partial charge in [0.25, 0.3) is 5.95 Å². The summed E-state index contributed by atoms with van der Waals surface area (Å²) in [5, 5.41) is 10.3. The SMILES string of the molecule is CCNc1nc(NCC2CCCO2)nc(-n2cncn2)n1. The van der Waals surface area contributed by atoms with Gasteiger partial charge in [0, 0.05) is 19.7 Å². The molecule has 3 rings (SSSR count). The molecule has 9 heteroatoms. The van der Waals surface area contributed by atoms with Gasteiger partial charge in [0.1, 0.15) is 12.7 Å². The summed E-state index contributed by atoms with van der Waals surface area (Å²) >= 11 is 0. The van der Waals surface area contributed by atoms with E-state index in [-0.39, 0.29) is 6.10 Å². The van der Waals surface area contributed by atoms with Gasteiger partial charge >= 0.3 is 0 Å². The van der Waals surface area contributed by atoms with E-state index in [0.29, 0.717) is 24.4 Å². The first-order valence-corrected chi connectivity index (χ1v) is 7.05. The van der Waals surface area contributed by atoms with Crippen LogP contribution in [0.3, 0.4) is 0 Å². The minimum absolute atomic E-state index is 0.221. The normalized spacial score (nSPS) is 17.9. The van der Waals surface area contributed by atoms with Crippen LogP contribution in [0.5, 0.6) is 0 Å². The van der Waals surface area contributed by atoms with E-state index >= 15 is 0 Å². The van der Waals surface area contributed by atoms with Crippen LogP contribution in [0.2, 0.25) is 0 Å². The Kier molecular flexibility index (Phi) is 4.20. The van der Waals surface area contributed by atoms with Crippen molar-refractivity contribution in [3.8, 4) is 5.95 Å². The van der Waals surface area contributed by atoms with Crippen molar-refractivity contribution in [2.45, 2.75) is 25.9 Å². The van der Waals surface area contributed by atoms with Crippen LogP contribution >= 0.6 is 0 Å². The van der Waals surface area contributed by atoms with Gasteiger partial charge in [-0.3, -0.25) is 0 Å². The zero-order valence-electron chi connectivity index (χ0n) is 11.9. The molecule has 9 nitrogen and oxygen atoms in total. The lowest BCUT2D eigenvalue weighted by Gasteiger charge is -2.12. The van der Waals surface area contributed by atoms with E-state index in [2.05, 4.69) is 35.7 Å². The molecule has 0 spiro atoms. The zero-order valence-corrected chi connectivity index (χ0v) is 11.9. The summed E-state index contributed by atoms with van der Waals surface area (Å²) in [5.74, 6) is 1.43. The van der Waals surface area contributed by atoms with Crippen LogP contribution in [0, 0.1) is 0 Å². The van der Waals surface area contributed by atoms with Crippen LogP contribution in [0.4, 0.5) is 11.9 Å². The summed E-state index contributed by atoms with van der Waals surface area (Å²) in [6, 6.07) is 0. The third-order valence-electron chi connectivity index (χ3n) is 3.09. The van der Waals surface area contributed by atoms with Gasteiger partial charge in [0.2, 0.25) is 11.9 Å². The molecule has 3 heterocycles. The van der Waals surface area contributed by atoms with E-state index in [9.17, 15) is 0 Å². The molecular formula is C12H18N8O. The van der Waals surface area contributed by atoms with E-state index < -0.39 is 0 Å². The van der Waals surface area contributed by atoms with Crippen LogP contribution < -0.4 is 10.6 Å².